The van der Waals surface area contributed by atoms with Crippen molar-refractivity contribution in [3.05, 3.63) is 24.3 Å². The predicted molar refractivity (Wildman–Crippen MR) is 69.9 cm³/mol. The van der Waals surface area contributed by atoms with Gasteiger partial charge in [-0.05, 0) is 24.5 Å². The second-order valence-corrected chi connectivity index (χ2v) is 4.68. The SMILES string of the molecule is COc1ccccc1NC(=O)COC(=O)[C@H]1C[C@H]1C. The van der Waals surface area contributed by atoms with Crippen molar-refractivity contribution in [3.8, 4) is 5.75 Å². The normalized spacial score (nSPS) is 20.5. The number of para-hydroxylation sites is 2. The molecule has 0 heterocycles. The molecule has 1 aliphatic rings. The topological polar surface area (TPSA) is 64.6 Å². The quantitative estimate of drug-likeness (QED) is 0.823. The average Bonchev–Trinajstić information content (AvgIpc) is 3.14. The van der Waals surface area contributed by atoms with Gasteiger partial charge in [0.15, 0.2) is 6.61 Å². The zero-order valence-corrected chi connectivity index (χ0v) is 11.0. The summed E-state index contributed by atoms with van der Waals surface area (Å²) in [6.07, 6.45) is 0.854. The third-order valence-electron chi connectivity index (χ3n) is 3.14. The summed E-state index contributed by atoms with van der Waals surface area (Å²) in [5, 5.41) is 2.65. The van der Waals surface area contributed by atoms with Crippen LogP contribution in [0.1, 0.15) is 13.3 Å². The summed E-state index contributed by atoms with van der Waals surface area (Å²) >= 11 is 0. The number of ether oxygens (including phenoxy) is 2. The minimum Gasteiger partial charge on any atom is -0.495 e. The second kappa shape index (κ2) is 5.73. The van der Waals surface area contributed by atoms with E-state index in [2.05, 4.69) is 5.32 Å². The van der Waals surface area contributed by atoms with Crippen LogP contribution < -0.4 is 10.1 Å². The van der Waals surface area contributed by atoms with Crippen LogP contribution in [0.15, 0.2) is 24.3 Å². The lowest BCUT2D eigenvalue weighted by molar-refractivity contribution is -0.148. The van der Waals surface area contributed by atoms with Crippen molar-refractivity contribution < 1.29 is 19.1 Å². The first kappa shape index (κ1) is 13.4. The van der Waals surface area contributed by atoms with E-state index in [-0.39, 0.29) is 24.4 Å². The number of benzene rings is 1. The third-order valence-corrected chi connectivity index (χ3v) is 3.14. The summed E-state index contributed by atoms with van der Waals surface area (Å²) in [4.78, 5) is 23.1. The van der Waals surface area contributed by atoms with Crippen LogP contribution >= 0.6 is 0 Å². The van der Waals surface area contributed by atoms with Gasteiger partial charge in [-0.25, -0.2) is 0 Å². The number of anilines is 1. The average molecular weight is 263 g/mol. The van der Waals surface area contributed by atoms with E-state index in [0.717, 1.165) is 6.42 Å². The van der Waals surface area contributed by atoms with Crippen molar-refractivity contribution >= 4 is 17.6 Å². The Morgan fingerprint density at radius 1 is 1.37 bits per heavy atom. The summed E-state index contributed by atoms with van der Waals surface area (Å²) in [6.45, 7) is 1.72. The molecular weight excluding hydrogens is 246 g/mol. The molecule has 2 rings (SSSR count). The number of hydrogen-bond donors (Lipinski definition) is 1. The Bertz CT molecular complexity index is 486. The number of methoxy groups -OCH3 is 1. The standard InChI is InChI=1S/C14H17NO4/c1-9-7-10(9)14(17)19-8-13(16)15-11-5-3-4-6-12(11)18-2/h3-6,9-10H,7-8H2,1-2H3,(H,15,16)/t9-,10+/m1/s1. The van der Waals surface area contributed by atoms with Gasteiger partial charge in [-0.2, -0.15) is 0 Å². The van der Waals surface area contributed by atoms with Crippen LogP contribution in [0.4, 0.5) is 5.69 Å². The van der Waals surface area contributed by atoms with Crippen LogP contribution in [0, 0.1) is 11.8 Å². The number of amides is 1. The third kappa shape index (κ3) is 3.47. The van der Waals surface area contributed by atoms with Gasteiger partial charge in [0.05, 0.1) is 18.7 Å². The van der Waals surface area contributed by atoms with Crippen LogP contribution in [0.3, 0.4) is 0 Å². The molecule has 5 nitrogen and oxygen atoms in total. The maximum atomic E-state index is 11.7. The first-order chi connectivity index (χ1) is 9.11. The molecule has 0 spiro atoms. The molecule has 1 aliphatic carbocycles. The predicted octanol–water partition coefficient (Wildman–Crippen LogP) is 1.83. The van der Waals surface area contributed by atoms with Gasteiger partial charge in [-0.3, -0.25) is 9.59 Å². The van der Waals surface area contributed by atoms with Gasteiger partial charge in [-0.1, -0.05) is 19.1 Å². The van der Waals surface area contributed by atoms with Crippen LogP contribution in [0.5, 0.6) is 5.75 Å². The number of carbonyl (C=O) groups is 2. The monoisotopic (exact) mass is 263 g/mol. The number of esters is 1. The zero-order valence-electron chi connectivity index (χ0n) is 11.0. The number of rotatable bonds is 5. The number of nitrogens with one attached hydrogen (secondary N) is 1. The van der Waals surface area contributed by atoms with E-state index < -0.39 is 0 Å². The Labute approximate surface area is 111 Å². The lowest BCUT2D eigenvalue weighted by Gasteiger charge is -2.09. The zero-order chi connectivity index (χ0) is 13.8. The summed E-state index contributed by atoms with van der Waals surface area (Å²) in [5.41, 5.74) is 0.561. The minimum atomic E-state index is -0.369. The van der Waals surface area contributed by atoms with E-state index in [0.29, 0.717) is 17.4 Å². The van der Waals surface area contributed by atoms with Gasteiger partial charge in [0.1, 0.15) is 5.75 Å². The smallest absolute Gasteiger partial charge is 0.309 e. The van der Waals surface area contributed by atoms with Crippen LogP contribution in [0.2, 0.25) is 0 Å². The largest absolute Gasteiger partial charge is 0.495 e. The molecule has 19 heavy (non-hydrogen) atoms. The van der Waals surface area contributed by atoms with Crippen LogP contribution in [-0.2, 0) is 14.3 Å². The molecule has 0 radical (unpaired) electrons. The van der Waals surface area contributed by atoms with Gasteiger partial charge in [0.2, 0.25) is 0 Å². The molecule has 5 heteroatoms. The van der Waals surface area contributed by atoms with Crippen molar-refractivity contribution in [1.29, 1.82) is 0 Å². The lowest BCUT2D eigenvalue weighted by atomic mass is 10.3. The molecule has 1 aromatic carbocycles. The molecule has 1 N–H and O–H groups in total. The van der Waals surface area contributed by atoms with E-state index in [9.17, 15) is 9.59 Å². The highest BCUT2D eigenvalue weighted by Crippen LogP contribution is 2.38. The van der Waals surface area contributed by atoms with E-state index in [1.54, 1.807) is 18.2 Å². The Hall–Kier alpha value is -2.04. The number of carbonyl (C=O) groups excluding carboxylic acids is 2. The first-order valence-electron chi connectivity index (χ1n) is 6.21. The van der Waals surface area contributed by atoms with Crippen molar-refractivity contribution in [2.24, 2.45) is 11.8 Å². The highest BCUT2D eigenvalue weighted by molar-refractivity contribution is 5.94. The van der Waals surface area contributed by atoms with Crippen LogP contribution in [0.25, 0.3) is 0 Å². The fraction of sp³-hybridized carbons (Fsp3) is 0.429. The van der Waals surface area contributed by atoms with E-state index in [4.69, 9.17) is 9.47 Å². The highest BCUT2D eigenvalue weighted by atomic mass is 16.5. The molecule has 0 unspecified atom stereocenters. The fourth-order valence-electron chi connectivity index (χ4n) is 1.83. The van der Waals surface area contributed by atoms with Gasteiger partial charge in [0.25, 0.3) is 5.91 Å². The van der Waals surface area contributed by atoms with Crippen molar-refractivity contribution in [1.82, 2.24) is 0 Å². The maximum absolute atomic E-state index is 11.7. The molecule has 0 aromatic heterocycles. The Morgan fingerprint density at radius 3 is 2.68 bits per heavy atom. The Morgan fingerprint density at radius 2 is 2.05 bits per heavy atom. The van der Waals surface area contributed by atoms with Crippen molar-refractivity contribution in [2.45, 2.75) is 13.3 Å². The van der Waals surface area contributed by atoms with E-state index >= 15 is 0 Å². The summed E-state index contributed by atoms with van der Waals surface area (Å²) < 4.78 is 10.1. The van der Waals surface area contributed by atoms with Crippen molar-refractivity contribution in [3.63, 3.8) is 0 Å². The van der Waals surface area contributed by atoms with E-state index in [1.807, 2.05) is 13.0 Å². The lowest BCUT2D eigenvalue weighted by Crippen LogP contribution is -2.22. The molecule has 0 bridgehead atoms. The Kier molecular flexibility index (Phi) is 4.04. The molecule has 1 aromatic rings. The maximum Gasteiger partial charge on any atom is 0.309 e. The van der Waals surface area contributed by atoms with Crippen LogP contribution in [-0.4, -0.2) is 25.6 Å². The summed E-state index contributed by atoms with van der Waals surface area (Å²) in [5.74, 6) is 0.260. The van der Waals surface area contributed by atoms with Gasteiger partial charge in [0, 0.05) is 0 Å². The van der Waals surface area contributed by atoms with E-state index in [1.165, 1.54) is 7.11 Å². The highest BCUT2D eigenvalue weighted by Gasteiger charge is 2.40. The molecule has 0 aliphatic heterocycles. The second-order valence-electron chi connectivity index (χ2n) is 4.68. The molecule has 2 atom stereocenters. The summed E-state index contributed by atoms with van der Waals surface area (Å²) in [7, 11) is 1.53. The molecule has 102 valence electrons. The molecule has 1 fully saturated rings. The molecular formula is C14H17NO4. The molecule has 1 saturated carbocycles. The van der Waals surface area contributed by atoms with Gasteiger partial charge < -0.3 is 14.8 Å². The molecule has 0 saturated heterocycles. The van der Waals surface area contributed by atoms with Gasteiger partial charge >= 0.3 is 5.97 Å². The van der Waals surface area contributed by atoms with Crippen molar-refractivity contribution in [2.75, 3.05) is 19.0 Å². The van der Waals surface area contributed by atoms with Gasteiger partial charge in [-0.15, -0.1) is 0 Å². The Balaban J connectivity index is 1.82. The number of hydrogen-bond acceptors (Lipinski definition) is 4. The summed E-state index contributed by atoms with van der Waals surface area (Å²) in [6, 6.07) is 7.06. The fourth-order valence-corrected chi connectivity index (χ4v) is 1.83. The first-order valence-corrected chi connectivity index (χ1v) is 6.21. The minimum absolute atomic E-state index is 0.0286. The molecule has 1 amide bonds.